The standard InChI is InChI=1S/C8H9N5/c1-6-2-12-13(4-6)8-7(9)3-10-5-11-8/h2-5H,9H2,1H3. The van der Waals surface area contributed by atoms with Crippen molar-refractivity contribution in [3.63, 3.8) is 0 Å². The highest BCUT2D eigenvalue weighted by atomic mass is 15.3. The molecule has 0 radical (unpaired) electrons. The molecule has 2 N–H and O–H groups in total. The Morgan fingerprint density at radius 1 is 1.38 bits per heavy atom. The van der Waals surface area contributed by atoms with Crippen LogP contribution in [-0.4, -0.2) is 19.7 Å². The van der Waals surface area contributed by atoms with E-state index in [9.17, 15) is 0 Å². The van der Waals surface area contributed by atoms with E-state index in [-0.39, 0.29) is 0 Å². The molecule has 5 heteroatoms. The van der Waals surface area contributed by atoms with Crippen LogP contribution >= 0.6 is 0 Å². The highest BCUT2D eigenvalue weighted by molar-refractivity contribution is 5.50. The molecule has 2 rings (SSSR count). The Morgan fingerprint density at radius 2 is 2.23 bits per heavy atom. The van der Waals surface area contributed by atoms with Gasteiger partial charge in [-0.1, -0.05) is 0 Å². The number of hydrogen-bond donors (Lipinski definition) is 1. The van der Waals surface area contributed by atoms with Crippen LogP contribution in [0.5, 0.6) is 0 Å². The van der Waals surface area contributed by atoms with Crippen LogP contribution < -0.4 is 5.73 Å². The van der Waals surface area contributed by atoms with Crippen LogP contribution in [0.4, 0.5) is 5.69 Å². The number of nitrogens with zero attached hydrogens (tertiary/aromatic N) is 4. The molecule has 0 aliphatic heterocycles. The van der Waals surface area contributed by atoms with Crippen molar-refractivity contribution in [3.05, 3.63) is 30.5 Å². The van der Waals surface area contributed by atoms with E-state index in [2.05, 4.69) is 15.1 Å². The fourth-order valence-electron chi connectivity index (χ4n) is 1.05. The largest absolute Gasteiger partial charge is 0.394 e. The predicted molar refractivity (Wildman–Crippen MR) is 48.3 cm³/mol. The normalized spacial score (nSPS) is 10.2. The Balaban J connectivity index is 2.52. The lowest BCUT2D eigenvalue weighted by Gasteiger charge is -2.01. The van der Waals surface area contributed by atoms with Crippen molar-refractivity contribution in [2.24, 2.45) is 0 Å². The molecular weight excluding hydrogens is 166 g/mol. The second kappa shape index (κ2) is 2.85. The number of aromatic nitrogens is 4. The van der Waals surface area contributed by atoms with Gasteiger partial charge >= 0.3 is 0 Å². The molecule has 0 aliphatic carbocycles. The first kappa shape index (κ1) is 7.72. The third kappa shape index (κ3) is 1.35. The van der Waals surface area contributed by atoms with Crippen LogP contribution in [-0.2, 0) is 0 Å². The van der Waals surface area contributed by atoms with Gasteiger partial charge in [0.1, 0.15) is 6.33 Å². The summed E-state index contributed by atoms with van der Waals surface area (Å²) in [6.45, 7) is 1.96. The first-order valence-electron chi connectivity index (χ1n) is 3.84. The fraction of sp³-hybridized carbons (Fsp3) is 0.125. The van der Waals surface area contributed by atoms with Crippen LogP contribution in [0.15, 0.2) is 24.9 Å². The van der Waals surface area contributed by atoms with Gasteiger partial charge in [0.25, 0.3) is 0 Å². The molecule has 0 aliphatic rings. The maximum absolute atomic E-state index is 5.68. The van der Waals surface area contributed by atoms with Crippen LogP contribution in [0, 0.1) is 6.92 Å². The van der Waals surface area contributed by atoms with Crippen LogP contribution in [0.25, 0.3) is 5.82 Å². The molecule has 0 atom stereocenters. The molecule has 0 saturated heterocycles. The molecule has 5 nitrogen and oxygen atoms in total. The molecule has 2 aromatic rings. The van der Waals surface area contributed by atoms with Crippen molar-refractivity contribution in [1.29, 1.82) is 0 Å². The summed E-state index contributed by atoms with van der Waals surface area (Å²) in [5.41, 5.74) is 7.26. The summed E-state index contributed by atoms with van der Waals surface area (Å²) >= 11 is 0. The third-order valence-electron chi connectivity index (χ3n) is 1.65. The average Bonchev–Trinajstić information content (AvgIpc) is 2.53. The van der Waals surface area contributed by atoms with Crippen molar-refractivity contribution in [2.75, 3.05) is 5.73 Å². The topological polar surface area (TPSA) is 69.6 Å². The van der Waals surface area contributed by atoms with Gasteiger partial charge in [-0.15, -0.1) is 0 Å². The minimum Gasteiger partial charge on any atom is -0.394 e. The average molecular weight is 175 g/mol. The molecule has 0 bridgehead atoms. The van der Waals surface area contributed by atoms with E-state index < -0.39 is 0 Å². The third-order valence-corrected chi connectivity index (χ3v) is 1.65. The Bertz CT molecular complexity index is 420. The number of nitrogens with two attached hydrogens (primary N) is 1. The second-order valence-corrected chi connectivity index (χ2v) is 2.76. The van der Waals surface area contributed by atoms with E-state index in [0.717, 1.165) is 5.56 Å². The molecule has 0 aromatic carbocycles. The van der Waals surface area contributed by atoms with Crippen LogP contribution in [0.3, 0.4) is 0 Å². The van der Waals surface area contributed by atoms with E-state index >= 15 is 0 Å². The number of aryl methyl sites for hydroxylation is 1. The predicted octanol–water partition coefficient (Wildman–Crippen LogP) is 0.553. The lowest BCUT2D eigenvalue weighted by molar-refractivity contribution is 0.842. The Hall–Kier alpha value is -1.91. The SMILES string of the molecule is Cc1cnn(-c2ncncc2N)c1. The Morgan fingerprint density at radius 3 is 2.85 bits per heavy atom. The van der Waals surface area contributed by atoms with E-state index in [1.807, 2.05) is 13.1 Å². The summed E-state index contributed by atoms with van der Waals surface area (Å²) in [5.74, 6) is 0.614. The summed E-state index contributed by atoms with van der Waals surface area (Å²) in [5, 5.41) is 4.09. The zero-order valence-electron chi connectivity index (χ0n) is 7.18. The van der Waals surface area contributed by atoms with Gasteiger partial charge in [0.2, 0.25) is 0 Å². The van der Waals surface area contributed by atoms with Crippen LogP contribution in [0.1, 0.15) is 5.56 Å². The zero-order valence-corrected chi connectivity index (χ0v) is 7.18. The van der Waals surface area contributed by atoms with Crippen molar-refractivity contribution >= 4 is 5.69 Å². The maximum atomic E-state index is 5.68. The lowest BCUT2D eigenvalue weighted by atomic mass is 10.4. The van der Waals surface area contributed by atoms with Gasteiger partial charge in [0, 0.05) is 6.20 Å². The van der Waals surface area contributed by atoms with Gasteiger partial charge in [0.05, 0.1) is 18.1 Å². The van der Waals surface area contributed by atoms with Crippen LogP contribution in [0.2, 0.25) is 0 Å². The lowest BCUT2D eigenvalue weighted by Crippen LogP contribution is -2.03. The number of nitrogen functional groups attached to an aromatic ring is 1. The van der Waals surface area contributed by atoms with Gasteiger partial charge in [-0.05, 0) is 12.5 Å². The number of rotatable bonds is 1. The van der Waals surface area contributed by atoms with Crippen molar-refractivity contribution in [2.45, 2.75) is 6.92 Å². The number of hydrogen-bond acceptors (Lipinski definition) is 4. The summed E-state index contributed by atoms with van der Waals surface area (Å²) in [6, 6.07) is 0. The molecule has 0 fully saturated rings. The van der Waals surface area contributed by atoms with Gasteiger partial charge in [-0.2, -0.15) is 5.10 Å². The quantitative estimate of drug-likeness (QED) is 0.687. The molecular formula is C8H9N5. The van der Waals surface area contributed by atoms with Crippen molar-refractivity contribution in [1.82, 2.24) is 19.7 Å². The molecule has 0 amide bonds. The molecule has 0 unspecified atom stereocenters. The van der Waals surface area contributed by atoms with Crippen molar-refractivity contribution < 1.29 is 0 Å². The van der Waals surface area contributed by atoms with E-state index in [1.54, 1.807) is 17.1 Å². The fourth-order valence-corrected chi connectivity index (χ4v) is 1.05. The Kier molecular flexibility index (Phi) is 1.70. The maximum Gasteiger partial charge on any atom is 0.179 e. The van der Waals surface area contributed by atoms with Gasteiger partial charge in [0.15, 0.2) is 5.82 Å². The summed E-state index contributed by atoms with van der Waals surface area (Å²) in [6.07, 6.45) is 6.61. The molecule has 13 heavy (non-hydrogen) atoms. The van der Waals surface area contributed by atoms with Gasteiger partial charge in [-0.3, -0.25) is 0 Å². The van der Waals surface area contributed by atoms with Crippen molar-refractivity contribution in [3.8, 4) is 5.82 Å². The Labute approximate surface area is 75.2 Å². The highest BCUT2D eigenvalue weighted by Crippen LogP contribution is 2.10. The summed E-state index contributed by atoms with van der Waals surface area (Å²) in [4.78, 5) is 7.83. The zero-order chi connectivity index (χ0) is 9.26. The van der Waals surface area contributed by atoms with E-state index in [0.29, 0.717) is 11.5 Å². The minimum atomic E-state index is 0.519. The van der Waals surface area contributed by atoms with E-state index in [4.69, 9.17) is 5.73 Å². The number of anilines is 1. The summed E-state index contributed by atoms with van der Waals surface area (Å²) in [7, 11) is 0. The molecule has 0 spiro atoms. The molecule has 2 aromatic heterocycles. The first-order chi connectivity index (χ1) is 6.27. The summed E-state index contributed by atoms with van der Waals surface area (Å²) < 4.78 is 1.63. The van der Waals surface area contributed by atoms with Gasteiger partial charge in [-0.25, -0.2) is 14.6 Å². The molecule has 2 heterocycles. The smallest absolute Gasteiger partial charge is 0.179 e. The molecule has 0 saturated carbocycles. The van der Waals surface area contributed by atoms with Gasteiger partial charge < -0.3 is 5.73 Å². The molecule has 66 valence electrons. The first-order valence-corrected chi connectivity index (χ1v) is 3.84. The highest BCUT2D eigenvalue weighted by Gasteiger charge is 2.02. The second-order valence-electron chi connectivity index (χ2n) is 2.76. The monoisotopic (exact) mass is 175 g/mol. The van der Waals surface area contributed by atoms with E-state index in [1.165, 1.54) is 6.33 Å². The minimum absolute atomic E-state index is 0.519.